The van der Waals surface area contributed by atoms with E-state index in [4.69, 9.17) is 33.8 Å². The van der Waals surface area contributed by atoms with E-state index >= 15 is 0 Å². The molecular weight excluding hydrogens is 789 g/mol. The summed E-state index contributed by atoms with van der Waals surface area (Å²) in [5.74, 6) is 2.06. The summed E-state index contributed by atoms with van der Waals surface area (Å²) in [5, 5.41) is 9.55. The number of anilines is 1. The summed E-state index contributed by atoms with van der Waals surface area (Å²) in [6, 6.07) is 17.2. The SMILES string of the molecule is CCc1ccccc1-n1cnc2cc(OC/C(C)=C/C(=C\CCOC3=C(OC)CC(C)C(N=C[C@@H]4Cc5ccccc5N4C=O)=C3)OCCCCC(=O)O)c(OC)c(C)c2c1=O. The van der Waals surface area contributed by atoms with Crippen molar-refractivity contribution < 1.29 is 38.4 Å². The molecule has 1 unspecified atom stereocenters. The van der Waals surface area contributed by atoms with Gasteiger partial charge in [0.2, 0.25) is 6.41 Å². The first-order chi connectivity index (χ1) is 30.1. The number of benzene rings is 3. The lowest BCUT2D eigenvalue weighted by Gasteiger charge is -2.23. The number of carboxylic acid groups (broad SMARTS) is 1. The van der Waals surface area contributed by atoms with Gasteiger partial charge in [-0.3, -0.25) is 23.9 Å². The Kier molecular flexibility index (Phi) is 15.4. The number of allylic oxidation sites excluding steroid dienone is 4. The molecule has 1 aliphatic carbocycles. The number of aryl methyl sites for hydroxylation is 2. The van der Waals surface area contributed by atoms with Crippen LogP contribution in [-0.4, -0.2) is 73.3 Å². The number of carboxylic acids is 1. The first-order valence-electron chi connectivity index (χ1n) is 21.1. The lowest BCUT2D eigenvalue weighted by molar-refractivity contribution is -0.137. The van der Waals surface area contributed by atoms with Crippen LogP contribution in [0.4, 0.5) is 5.69 Å². The second-order valence-electron chi connectivity index (χ2n) is 15.4. The summed E-state index contributed by atoms with van der Waals surface area (Å²) in [4.78, 5) is 48.1. The van der Waals surface area contributed by atoms with Crippen LogP contribution in [-0.2, 0) is 36.6 Å². The number of fused-ring (bicyclic) bond motifs is 2. The van der Waals surface area contributed by atoms with Crippen LogP contribution in [0.2, 0.25) is 0 Å². The number of rotatable bonds is 21. The summed E-state index contributed by atoms with van der Waals surface area (Å²) in [6.45, 7) is 8.73. The second-order valence-corrected chi connectivity index (χ2v) is 15.4. The molecule has 4 aromatic rings. The zero-order valence-corrected chi connectivity index (χ0v) is 36.4. The van der Waals surface area contributed by atoms with E-state index in [2.05, 4.69) is 18.8 Å². The molecule has 2 heterocycles. The molecule has 0 radical (unpaired) electrons. The molecular formula is C49H56N4O9. The fourth-order valence-corrected chi connectivity index (χ4v) is 7.75. The van der Waals surface area contributed by atoms with E-state index in [1.54, 1.807) is 36.1 Å². The number of aliphatic imine (C=N–C) groups is 1. The molecule has 2 atom stereocenters. The molecule has 13 nitrogen and oxygen atoms in total. The Bertz CT molecular complexity index is 2480. The number of aliphatic carboxylic acids is 1. The van der Waals surface area contributed by atoms with Crippen molar-refractivity contribution in [2.24, 2.45) is 10.9 Å². The average molecular weight is 845 g/mol. The Morgan fingerprint density at radius 2 is 1.79 bits per heavy atom. The molecule has 1 aliphatic heterocycles. The molecule has 6 rings (SSSR count). The summed E-state index contributed by atoms with van der Waals surface area (Å²) >= 11 is 0. The van der Waals surface area contributed by atoms with Gasteiger partial charge in [0.1, 0.15) is 24.5 Å². The van der Waals surface area contributed by atoms with Gasteiger partial charge < -0.3 is 33.7 Å². The number of unbranched alkanes of at least 4 members (excludes halogenated alkanes) is 1. The lowest BCUT2D eigenvalue weighted by atomic mass is 9.96. The maximum Gasteiger partial charge on any atom is 0.303 e. The molecule has 0 saturated heterocycles. The van der Waals surface area contributed by atoms with Crippen molar-refractivity contribution in [3.63, 3.8) is 0 Å². The number of amides is 1. The van der Waals surface area contributed by atoms with Gasteiger partial charge in [-0.25, -0.2) is 4.98 Å². The minimum atomic E-state index is -0.843. The molecule has 3 aromatic carbocycles. The molecule has 62 heavy (non-hydrogen) atoms. The topological polar surface area (TPSA) is 151 Å². The first-order valence-corrected chi connectivity index (χ1v) is 21.1. The van der Waals surface area contributed by atoms with E-state index in [9.17, 15) is 14.4 Å². The van der Waals surface area contributed by atoms with Gasteiger partial charge in [0.05, 0.1) is 50.1 Å². The van der Waals surface area contributed by atoms with Crippen LogP contribution in [0.25, 0.3) is 16.6 Å². The van der Waals surface area contributed by atoms with Crippen LogP contribution in [0.1, 0.15) is 69.6 Å². The fourth-order valence-electron chi connectivity index (χ4n) is 7.75. The molecule has 1 N–H and O–H groups in total. The van der Waals surface area contributed by atoms with Gasteiger partial charge in [-0.1, -0.05) is 50.2 Å². The van der Waals surface area contributed by atoms with Crippen molar-refractivity contribution in [3.8, 4) is 17.2 Å². The third-order valence-electron chi connectivity index (χ3n) is 11.0. The van der Waals surface area contributed by atoms with Gasteiger partial charge >= 0.3 is 5.97 Å². The van der Waals surface area contributed by atoms with Crippen LogP contribution < -0.4 is 19.9 Å². The number of nitrogens with zero attached hydrogens (tertiary/aromatic N) is 4. The molecule has 0 fully saturated rings. The Morgan fingerprint density at radius 1 is 1.02 bits per heavy atom. The first kappa shape index (κ1) is 44.9. The highest BCUT2D eigenvalue weighted by atomic mass is 16.5. The second kappa shape index (κ2) is 21.2. The van der Waals surface area contributed by atoms with Gasteiger partial charge in [-0.15, -0.1) is 0 Å². The smallest absolute Gasteiger partial charge is 0.303 e. The predicted octanol–water partition coefficient (Wildman–Crippen LogP) is 8.59. The van der Waals surface area contributed by atoms with Crippen molar-refractivity contribution in [1.82, 2.24) is 9.55 Å². The zero-order valence-electron chi connectivity index (χ0n) is 36.4. The quantitative estimate of drug-likeness (QED) is 0.0284. The van der Waals surface area contributed by atoms with E-state index < -0.39 is 5.97 Å². The van der Waals surface area contributed by atoms with Crippen molar-refractivity contribution in [3.05, 3.63) is 135 Å². The molecule has 1 aromatic heterocycles. The van der Waals surface area contributed by atoms with E-state index in [1.165, 1.54) is 0 Å². The molecule has 13 heteroatoms. The van der Waals surface area contributed by atoms with E-state index in [0.29, 0.717) is 84.8 Å². The number of para-hydroxylation sites is 2. The molecule has 326 valence electrons. The summed E-state index contributed by atoms with van der Waals surface area (Å²) in [7, 11) is 3.18. The summed E-state index contributed by atoms with van der Waals surface area (Å²) < 4.78 is 31.8. The number of hydrogen-bond donors (Lipinski definition) is 1. The van der Waals surface area contributed by atoms with E-state index in [0.717, 1.165) is 52.4 Å². The van der Waals surface area contributed by atoms with Crippen molar-refractivity contribution >= 4 is 35.2 Å². The van der Waals surface area contributed by atoms with Crippen LogP contribution >= 0.6 is 0 Å². The highest BCUT2D eigenvalue weighted by molar-refractivity contribution is 5.89. The largest absolute Gasteiger partial charge is 0.497 e. The minimum Gasteiger partial charge on any atom is -0.497 e. The average Bonchev–Trinajstić information content (AvgIpc) is 3.64. The van der Waals surface area contributed by atoms with Gasteiger partial charge in [0, 0.05) is 66.9 Å². The summed E-state index contributed by atoms with van der Waals surface area (Å²) in [5.41, 5.74) is 6.47. The number of carbonyl (C=O) groups excluding carboxylic acids is 1. The molecule has 1 amide bonds. The monoisotopic (exact) mass is 844 g/mol. The Balaban J connectivity index is 1.15. The van der Waals surface area contributed by atoms with Crippen LogP contribution in [0, 0.1) is 12.8 Å². The van der Waals surface area contributed by atoms with Gasteiger partial charge in [0.15, 0.2) is 17.3 Å². The normalized spacial score (nSPS) is 16.7. The minimum absolute atomic E-state index is 0.0689. The third kappa shape index (κ3) is 10.6. The standard InChI is InChI=1S/C49H56N4O9/c1-7-35-15-8-10-18-41(35)52-30-51-40-27-45(48(59-6)34(4)47(40)49(52)57)62-29-32(2)23-38(60-21-13-12-20-46(55)56)17-14-22-61-44-26-39(33(3)24-43(44)58-5)50-28-37-25-36-16-9-11-19-42(36)53(37)31-54/h8-11,15-19,23,26-28,30-31,33,37H,7,12-14,20-22,24-25,29H2,1-6H3,(H,55,56)/b32-23+,38-17+,50-28?/t33?,37-/m0/s1. The lowest BCUT2D eigenvalue weighted by Crippen LogP contribution is -2.32. The van der Waals surface area contributed by atoms with Crippen LogP contribution in [0.3, 0.4) is 0 Å². The Labute approximate surface area is 362 Å². The molecule has 0 spiro atoms. The van der Waals surface area contributed by atoms with Crippen molar-refractivity contribution in [1.29, 1.82) is 0 Å². The fraction of sp³-hybridized carbons (Fsp3) is 0.367. The number of ether oxygens (including phenoxy) is 5. The molecule has 2 aliphatic rings. The number of carbonyl (C=O) groups is 2. The maximum absolute atomic E-state index is 13.9. The predicted molar refractivity (Wildman–Crippen MR) is 240 cm³/mol. The number of hydrogen-bond acceptors (Lipinski definition) is 10. The Hall–Kier alpha value is -6.63. The van der Waals surface area contributed by atoms with Crippen LogP contribution in [0.5, 0.6) is 11.5 Å². The van der Waals surface area contributed by atoms with Gasteiger partial charge in [0.25, 0.3) is 5.56 Å². The molecule has 0 bridgehead atoms. The van der Waals surface area contributed by atoms with E-state index in [-0.39, 0.29) is 30.5 Å². The Morgan fingerprint density at radius 3 is 2.53 bits per heavy atom. The van der Waals surface area contributed by atoms with Crippen LogP contribution in [0.15, 0.2) is 117 Å². The van der Waals surface area contributed by atoms with Crippen molar-refractivity contribution in [2.75, 3.05) is 38.9 Å². The zero-order chi connectivity index (χ0) is 44.2. The number of methoxy groups -OCH3 is 2. The van der Waals surface area contributed by atoms with Crippen molar-refractivity contribution in [2.45, 2.75) is 78.7 Å². The highest BCUT2D eigenvalue weighted by Crippen LogP contribution is 2.36. The summed E-state index contributed by atoms with van der Waals surface area (Å²) in [6.07, 6.45) is 13.7. The highest BCUT2D eigenvalue weighted by Gasteiger charge is 2.28. The molecule has 0 saturated carbocycles. The van der Waals surface area contributed by atoms with E-state index in [1.807, 2.05) is 86.8 Å². The van der Waals surface area contributed by atoms with Gasteiger partial charge in [-0.2, -0.15) is 0 Å². The van der Waals surface area contributed by atoms with Gasteiger partial charge in [-0.05, 0) is 74.1 Å². The third-order valence-corrected chi connectivity index (χ3v) is 11.0. The maximum atomic E-state index is 13.9. The number of aromatic nitrogens is 2.